The average Bonchev–Trinajstić information content (AvgIpc) is 2.17. The molecule has 1 N–H and O–H groups in total. The molecule has 0 saturated carbocycles. The minimum absolute atomic E-state index is 0.107. The van der Waals surface area contributed by atoms with Gasteiger partial charge in [-0.2, -0.15) is 0 Å². The van der Waals surface area contributed by atoms with Gasteiger partial charge in [-0.3, -0.25) is 0 Å². The highest BCUT2D eigenvalue weighted by Gasteiger charge is 2.47. The summed E-state index contributed by atoms with van der Waals surface area (Å²) in [5.41, 5.74) is 0.302. The summed E-state index contributed by atoms with van der Waals surface area (Å²) in [5, 5.41) is 3.69. The van der Waals surface area contributed by atoms with Gasteiger partial charge in [-0.1, -0.05) is 27.7 Å². The Morgan fingerprint density at radius 2 is 1.56 bits per heavy atom. The van der Waals surface area contributed by atoms with Crippen molar-refractivity contribution < 1.29 is 8.23 Å². The normalized spacial score (nSPS) is 15.9. The first-order chi connectivity index (χ1) is 7.12. The number of rotatable bonds is 7. The Kier molecular flexibility index (Phi) is 6.12. The van der Waals surface area contributed by atoms with E-state index in [-0.39, 0.29) is 16.0 Å². The fourth-order valence-electron chi connectivity index (χ4n) is 1.72. The van der Waals surface area contributed by atoms with Crippen LogP contribution < -0.4 is 5.32 Å². The van der Waals surface area contributed by atoms with Gasteiger partial charge >= 0.3 is 0 Å². The summed E-state index contributed by atoms with van der Waals surface area (Å²) < 4.78 is 11.1. The van der Waals surface area contributed by atoms with Crippen molar-refractivity contribution in [2.75, 3.05) is 7.05 Å². The third-order valence-corrected chi connectivity index (χ3v) is 8.58. The van der Waals surface area contributed by atoms with Gasteiger partial charge in [0.25, 0.3) is 10.0 Å². The summed E-state index contributed by atoms with van der Waals surface area (Å²) >= 11 is 0. The Morgan fingerprint density at radius 1 is 1.06 bits per heavy atom. The SMILES string of the molecule is CNC(C)(C)C(C)(C)C(C)(C)[SiH2]O[SiH2]O[SiH3]. The highest BCUT2D eigenvalue weighted by molar-refractivity contribution is 6.44. The van der Waals surface area contributed by atoms with Crippen molar-refractivity contribution in [2.45, 2.75) is 52.1 Å². The van der Waals surface area contributed by atoms with Crippen LogP contribution in [0.2, 0.25) is 5.04 Å². The third-order valence-electron chi connectivity index (χ3n) is 4.54. The molecule has 0 aliphatic heterocycles. The van der Waals surface area contributed by atoms with Crippen LogP contribution in [0.5, 0.6) is 0 Å². The second-order valence-corrected chi connectivity index (χ2v) is 12.4. The van der Waals surface area contributed by atoms with E-state index in [1.807, 2.05) is 7.05 Å². The minimum Gasteiger partial charge on any atom is -0.449 e. The van der Waals surface area contributed by atoms with E-state index < -0.39 is 19.8 Å². The molecule has 0 spiro atoms. The van der Waals surface area contributed by atoms with Gasteiger partial charge in [0.2, 0.25) is 0 Å². The quantitative estimate of drug-likeness (QED) is 0.508. The first-order valence-electron chi connectivity index (χ1n) is 5.88. The summed E-state index contributed by atoms with van der Waals surface area (Å²) in [7, 11) is 1.65. The van der Waals surface area contributed by atoms with Gasteiger partial charge < -0.3 is 13.5 Å². The van der Waals surface area contributed by atoms with Crippen LogP contribution in [0, 0.1) is 5.41 Å². The molecule has 0 atom stereocenters. The van der Waals surface area contributed by atoms with Crippen molar-refractivity contribution in [1.82, 2.24) is 5.32 Å². The van der Waals surface area contributed by atoms with E-state index in [0.29, 0.717) is 0 Å². The third kappa shape index (κ3) is 3.51. The molecule has 0 fully saturated rings. The standard InChI is InChI=1S/C10H29NO2Si3/c1-8(2,9(3,4)11-7)10(5,6)15-13-16-12-14/h11H,15-16H2,1-7,14H3. The van der Waals surface area contributed by atoms with Crippen LogP contribution in [0.3, 0.4) is 0 Å². The molecule has 98 valence electrons. The Morgan fingerprint density at radius 3 is 1.94 bits per heavy atom. The predicted octanol–water partition coefficient (Wildman–Crippen LogP) is -0.395. The number of hydrogen-bond donors (Lipinski definition) is 1. The Labute approximate surface area is 109 Å². The van der Waals surface area contributed by atoms with Crippen LogP contribution in [0.15, 0.2) is 0 Å². The smallest absolute Gasteiger partial charge is 0.282 e. The van der Waals surface area contributed by atoms with Gasteiger partial charge in [0.15, 0.2) is 9.76 Å². The molecule has 0 heterocycles. The van der Waals surface area contributed by atoms with Gasteiger partial charge in [0, 0.05) is 5.54 Å². The second-order valence-electron chi connectivity index (χ2n) is 6.14. The molecule has 0 unspecified atom stereocenters. The summed E-state index contributed by atoms with van der Waals surface area (Å²) in [5.74, 6) is 0. The largest absolute Gasteiger partial charge is 0.449 e. The maximum atomic E-state index is 5.84. The Bertz CT molecular complexity index is 220. The lowest BCUT2D eigenvalue weighted by molar-refractivity contribution is 0.108. The summed E-state index contributed by atoms with van der Waals surface area (Å²) in [4.78, 5) is 0. The van der Waals surface area contributed by atoms with Gasteiger partial charge in [-0.05, 0) is 31.3 Å². The highest BCUT2D eigenvalue weighted by Crippen LogP contribution is 2.50. The zero-order valence-corrected chi connectivity index (χ0v) is 17.1. The van der Waals surface area contributed by atoms with Crippen LogP contribution in [-0.2, 0) is 8.23 Å². The van der Waals surface area contributed by atoms with Gasteiger partial charge in [-0.25, -0.2) is 0 Å². The predicted molar refractivity (Wildman–Crippen MR) is 80.2 cm³/mol. The maximum absolute atomic E-state index is 5.84. The molecule has 0 bridgehead atoms. The molecule has 3 nitrogen and oxygen atoms in total. The number of hydrogen-bond acceptors (Lipinski definition) is 3. The first kappa shape index (κ1) is 16.5. The van der Waals surface area contributed by atoms with E-state index in [2.05, 4.69) is 46.9 Å². The summed E-state index contributed by atoms with van der Waals surface area (Å²) in [6.45, 7) is 13.9. The molecule has 0 aliphatic carbocycles. The molecule has 6 heteroatoms. The van der Waals surface area contributed by atoms with Crippen molar-refractivity contribution in [3.63, 3.8) is 0 Å². The lowest BCUT2D eigenvalue weighted by Gasteiger charge is -2.51. The molecule has 0 amide bonds. The van der Waals surface area contributed by atoms with Crippen molar-refractivity contribution >= 4 is 30.3 Å². The molecule has 0 aromatic heterocycles. The first-order valence-corrected chi connectivity index (χ1v) is 9.13. The van der Waals surface area contributed by atoms with Crippen LogP contribution in [0.25, 0.3) is 0 Å². The van der Waals surface area contributed by atoms with Gasteiger partial charge in [0.05, 0.1) is 0 Å². The molecular formula is C10H29NO2Si3. The molecule has 0 saturated heterocycles. The van der Waals surface area contributed by atoms with Crippen molar-refractivity contribution in [3.05, 3.63) is 0 Å². The van der Waals surface area contributed by atoms with Crippen molar-refractivity contribution in [1.29, 1.82) is 0 Å². The lowest BCUT2D eigenvalue weighted by atomic mass is 9.66. The molecule has 0 aromatic rings. The fourth-order valence-corrected chi connectivity index (χ4v) is 7.06. The maximum Gasteiger partial charge on any atom is 0.282 e. The summed E-state index contributed by atoms with van der Waals surface area (Å²) in [6, 6.07) is 0. The molecular weight excluding hydrogens is 250 g/mol. The zero-order chi connectivity index (χ0) is 13.0. The molecule has 0 radical (unpaired) electrons. The highest BCUT2D eigenvalue weighted by atomic mass is 28.3. The topological polar surface area (TPSA) is 30.5 Å². The van der Waals surface area contributed by atoms with Gasteiger partial charge in [0.1, 0.15) is 10.5 Å². The second kappa shape index (κ2) is 5.92. The Hall–Kier alpha value is 0.531. The Balaban J connectivity index is 4.70. The molecule has 0 rings (SSSR count). The van der Waals surface area contributed by atoms with Crippen molar-refractivity contribution in [3.8, 4) is 0 Å². The van der Waals surface area contributed by atoms with E-state index in [9.17, 15) is 0 Å². The van der Waals surface area contributed by atoms with E-state index >= 15 is 0 Å². The lowest BCUT2D eigenvalue weighted by Crippen LogP contribution is -2.55. The monoisotopic (exact) mass is 279 g/mol. The minimum atomic E-state index is -0.663. The fraction of sp³-hybridized carbons (Fsp3) is 1.00. The summed E-state index contributed by atoms with van der Waals surface area (Å²) in [6.07, 6.45) is 0. The van der Waals surface area contributed by atoms with Gasteiger partial charge in [-0.15, -0.1) is 0 Å². The van der Waals surface area contributed by atoms with Crippen LogP contribution >= 0.6 is 0 Å². The van der Waals surface area contributed by atoms with Crippen LogP contribution in [-0.4, -0.2) is 42.8 Å². The van der Waals surface area contributed by atoms with E-state index in [4.69, 9.17) is 8.23 Å². The zero-order valence-electron chi connectivity index (χ0n) is 12.2. The van der Waals surface area contributed by atoms with Crippen LogP contribution in [0.4, 0.5) is 0 Å². The number of nitrogens with one attached hydrogen (secondary N) is 1. The van der Waals surface area contributed by atoms with E-state index in [1.54, 1.807) is 0 Å². The van der Waals surface area contributed by atoms with Crippen LogP contribution in [0.1, 0.15) is 41.5 Å². The molecule has 0 aliphatic rings. The van der Waals surface area contributed by atoms with E-state index in [1.165, 1.54) is 0 Å². The average molecular weight is 280 g/mol. The van der Waals surface area contributed by atoms with Crippen molar-refractivity contribution in [2.24, 2.45) is 5.41 Å². The molecule has 16 heavy (non-hydrogen) atoms. The van der Waals surface area contributed by atoms with E-state index in [0.717, 1.165) is 10.5 Å². The molecule has 0 aromatic carbocycles.